The van der Waals surface area contributed by atoms with Gasteiger partial charge >= 0.3 is 0 Å². The topological polar surface area (TPSA) is 65.0 Å². The minimum Gasteiger partial charge on any atom is -0.508 e. The van der Waals surface area contributed by atoms with Crippen molar-refractivity contribution < 1.29 is 14.6 Å². The van der Waals surface area contributed by atoms with Gasteiger partial charge in [-0.15, -0.1) is 0 Å². The van der Waals surface area contributed by atoms with Gasteiger partial charge in [-0.3, -0.25) is 9.69 Å². The monoisotopic (exact) mass is 355 g/mol. The second-order valence-electron chi connectivity index (χ2n) is 6.41. The third-order valence-electron chi connectivity index (χ3n) is 4.58. The molecular formula is C20H25N3O3. The number of methoxy groups -OCH3 is 1. The number of nitrogens with zero attached hydrogens (tertiary/aromatic N) is 2. The normalized spacial score (nSPS) is 14.9. The smallest absolute Gasteiger partial charge is 0.234 e. The first-order valence-corrected chi connectivity index (χ1v) is 8.80. The Hall–Kier alpha value is -2.73. The number of piperazine rings is 1. The van der Waals surface area contributed by atoms with E-state index in [2.05, 4.69) is 15.1 Å². The molecule has 2 aromatic rings. The molecule has 1 amide bonds. The van der Waals surface area contributed by atoms with E-state index in [1.165, 1.54) is 0 Å². The zero-order valence-electron chi connectivity index (χ0n) is 15.0. The lowest BCUT2D eigenvalue weighted by Crippen LogP contribution is -2.49. The number of phenols is 1. The maximum absolute atomic E-state index is 12.2. The summed E-state index contributed by atoms with van der Waals surface area (Å²) < 4.78 is 5.20. The molecule has 0 saturated carbocycles. The molecule has 2 aromatic carbocycles. The highest BCUT2D eigenvalue weighted by atomic mass is 16.5. The predicted octanol–water partition coefficient (Wildman–Crippen LogP) is 1.84. The van der Waals surface area contributed by atoms with Crippen LogP contribution in [0.1, 0.15) is 5.56 Å². The molecule has 0 unspecified atom stereocenters. The molecule has 0 aliphatic carbocycles. The number of hydrogen-bond donors (Lipinski definition) is 2. The minimum atomic E-state index is 0.0332. The van der Waals surface area contributed by atoms with E-state index in [-0.39, 0.29) is 11.7 Å². The lowest BCUT2D eigenvalue weighted by molar-refractivity contribution is -0.122. The Morgan fingerprint density at radius 3 is 2.54 bits per heavy atom. The van der Waals surface area contributed by atoms with Crippen LogP contribution in [0, 0.1) is 0 Å². The average Bonchev–Trinajstić information content (AvgIpc) is 2.68. The van der Waals surface area contributed by atoms with E-state index < -0.39 is 0 Å². The number of carbonyl (C=O) groups excluding carboxylic acids is 1. The van der Waals surface area contributed by atoms with Crippen LogP contribution in [0.3, 0.4) is 0 Å². The van der Waals surface area contributed by atoms with Crippen molar-refractivity contribution in [3.8, 4) is 11.5 Å². The third-order valence-corrected chi connectivity index (χ3v) is 4.58. The lowest BCUT2D eigenvalue weighted by atomic mass is 10.2. The Bertz CT molecular complexity index is 725. The highest BCUT2D eigenvalue weighted by Crippen LogP contribution is 2.19. The van der Waals surface area contributed by atoms with Crippen molar-refractivity contribution in [3.05, 3.63) is 54.1 Å². The number of benzene rings is 2. The number of rotatable bonds is 6. The molecule has 2 N–H and O–H groups in total. The molecule has 1 fully saturated rings. The van der Waals surface area contributed by atoms with Crippen molar-refractivity contribution in [2.45, 2.75) is 6.54 Å². The maximum atomic E-state index is 12.2. The quantitative estimate of drug-likeness (QED) is 0.828. The SMILES string of the molecule is COc1cccc(CNC(=O)CN2CCN(c3ccc(O)cc3)CC2)c1. The van der Waals surface area contributed by atoms with E-state index in [0.29, 0.717) is 13.1 Å². The largest absolute Gasteiger partial charge is 0.508 e. The van der Waals surface area contributed by atoms with Gasteiger partial charge < -0.3 is 20.1 Å². The van der Waals surface area contributed by atoms with E-state index in [1.807, 2.05) is 36.4 Å². The highest BCUT2D eigenvalue weighted by Gasteiger charge is 2.19. The first kappa shape index (κ1) is 18.1. The number of phenolic OH excluding ortho intramolecular Hbond substituents is 1. The van der Waals surface area contributed by atoms with Crippen LogP contribution in [0.4, 0.5) is 5.69 Å². The molecule has 0 atom stereocenters. The number of ether oxygens (including phenoxy) is 1. The Kier molecular flexibility index (Phi) is 5.96. The average molecular weight is 355 g/mol. The van der Waals surface area contributed by atoms with Gasteiger partial charge in [-0.05, 0) is 42.0 Å². The first-order chi connectivity index (χ1) is 12.6. The van der Waals surface area contributed by atoms with Gasteiger partial charge in [0, 0.05) is 38.4 Å². The van der Waals surface area contributed by atoms with E-state index in [0.717, 1.165) is 43.2 Å². The molecule has 0 aromatic heterocycles. The van der Waals surface area contributed by atoms with Crippen LogP contribution < -0.4 is 15.0 Å². The molecule has 26 heavy (non-hydrogen) atoms. The molecule has 3 rings (SSSR count). The summed E-state index contributed by atoms with van der Waals surface area (Å²) >= 11 is 0. The number of nitrogens with one attached hydrogen (secondary N) is 1. The van der Waals surface area contributed by atoms with E-state index in [1.54, 1.807) is 19.2 Å². The highest BCUT2D eigenvalue weighted by molar-refractivity contribution is 5.78. The lowest BCUT2D eigenvalue weighted by Gasteiger charge is -2.35. The summed E-state index contributed by atoms with van der Waals surface area (Å²) in [7, 11) is 1.63. The summed E-state index contributed by atoms with van der Waals surface area (Å²) in [6.45, 7) is 4.33. The molecule has 138 valence electrons. The standard InChI is InChI=1S/C20H25N3O3/c1-26-19-4-2-3-16(13-19)14-21-20(25)15-22-9-11-23(12-10-22)17-5-7-18(24)8-6-17/h2-8,13,24H,9-12,14-15H2,1H3,(H,21,25). The van der Waals surface area contributed by atoms with Gasteiger partial charge in [-0.1, -0.05) is 12.1 Å². The molecule has 0 radical (unpaired) electrons. The summed E-state index contributed by atoms with van der Waals surface area (Å²) in [5.41, 5.74) is 2.12. The summed E-state index contributed by atoms with van der Waals surface area (Å²) in [6.07, 6.45) is 0. The van der Waals surface area contributed by atoms with E-state index in [9.17, 15) is 9.90 Å². The molecular weight excluding hydrogens is 330 g/mol. The minimum absolute atomic E-state index is 0.0332. The number of aromatic hydroxyl groups is 1. The van der Waals surface area contributed by atoms with Crippen LogP contribution in [0.2, 0.25) is 0 Å². The molecule has 0 spiro atoms. The van der Waals surface area contributed by atoms with Crippen molar-refractivity contribution in [3.63, 3.8) is 0 Å². The van der Waals surface area contributed by atoms with Crippen LogP contribution in [0.5, 0.6) is 11.5 Å². The summed E-state index contributed by atoms with van der Waals surface area (Å²) in [4.78, 5) is 16.6. The molecule has 6 heteroatoms. The van der Waals surface area contributed by atoms with Crippen LogP contribution in [0.15, 0.2) is 48.5 Å². The Labute approximate surface area is 154 Å². The summed E-state index contributed by atoms with van der Waals surface area (Å²) in [6, 6.07) is 15.0. The number of amides is 1. The number of hydrogen-bond acceptors (Lipinski definition) is 5. The summed E-state index contributed by atoms with van der Waals surface area (Å²) in [5, 5.41) is 12.3. The van der Waals surface area contributed by atoms with Gasteiger partial charge in [0.2, 0.25) is 5.91 Å². The van der Waals surface area contributed by atoms with Gasteiger partial charge in [0.05, 0.1) is 13.7 Å². The van der Waals surface area contributed by atoms with Crippen LogP contribution in [0.25, 0.3) is 0 Å². The predicted molar refractivity (Wildman–Crippen MR) is 102 cm³/mol. The molecule has 1 aliphatic rings. The van der Waals surface area contributed by atoms with Gasteiger partial charge in [-0.2, -0.15) is 0 Å². The second kappa shape index (κ2) is 8.58. The number of anilines is 1. The Morgan fingerprint density at radius 1 is 1.12 bits per heavy atom. The second-order valence-corrected chi connectivity index (χ2v) is 6.41. The van der Waals surface area contributed by atoms with Crippen molar-refractivity contribution in [2.75, 3.05) is 44.7 Å². The number of carbonyl (C=O) groups is 1. The fourth-order valence-corrected chi connectivity index (χ4v) is 3.07. The molecule has 1 aliphatic heterocycles. The zero-order chi connectivity index (χ0) is 18.4. The molecule has 1 saturated heterocycles. The molecule has 6 nitrogen and oxygen atoms in total. The van der Waals surface area contributed by atoms with Gasteiger partial charge in [0.25, 0.3) is 0 Å². The van der Waals surface area contributed by atoms with Gasteiger partial charge in [0.1, 0.15) is 11.5 Å². The fraction of sp³-hybridized carbons (Fsp3) is 0.350. The Morgan fingerprint density at radius 2 is 1.85 bits per heavy atom. The van der Waals surface area contributed by atoms with Crippen molar-refractivity contribution in [2.24, 2.45) is 0 Å². The third kappa shape index (κ3) is 4.89. The maximum Gasteiger partial charge on any atom is 0.234 e. The van der Waals surface area contributed by atoms with E-state index in [4.69, 9.17) is 4.74 Å². The van der Waals surface area contributed by atoms with Crippen LogP contribution in [-0.4, -0.2) is 55.7 Å². The van der Waals surface area contributed by atoms with Gasteiger partial charge in [0.15, 0.2) is 0 Å². The van der Waals surface area contributed by atoms with Crippen LogP contribution in [-0.2, 0) is 11.3 Å². The zero-order valence-corrected chi connectivity index (χ0v) is 15.0. The fourth-order valence-electron chi connectivity index (χ4n) is 3.07. The van der Waals surface area contributed by atoms with Crippen molar-refractivity contribution >= 4 is 11.6 Å². The molecule has 0 bridgehead atoms. The summed E-state index contributed by atoms with van der Waals surface area (Å²) in [5.74, 6) is 1.10. The Balaban J connectivity index is 1.42. The van der Waals surface area contributed by atoms with Crippen molar-refractivity contribution in [1.29, 1.82) is 0 Å². The first-order valence-electron chi connectivity index (χ1n) is 8.80. The van der Waals surface area contributed by atoms with Gasteiger partial charge in [-0.25, -0.2) is 0 Å². The van der Waals surface area contributed by atoms with Crippen molar-refractivity contribution in [1.82, 2.24) is 10.2 Å². The molecule has 1 heterocycles. The van der Waals surface area contributed by atoms with E-state index >= 15 is 0 Å². The van der Waals surface area contributed by atoms with Crippen LogP contribution >= 0.6 is 0 Å².